The standard InChI is InChI=1S/C5H9NOS3/c1-5(2)9-3-8-4(6-7)10-5/h7H,3H2,1-2H3. The molecule has 0 aromatic carbocycles. The van der Waals surface area contributed by atoms with Gasteiger partial charge in [0.15, 0.2) is 4.38 Å². The summed E-state index contributed by atoms with van der Waals surface area (Å²) in [5.74, 6) is 0. The third-order valence-corrected chi connectivity index (χ3v) is 4.93. The molecule has 2 nitrogen and oxygen atoms in total. The molecule has 0 amide bonds. The first-order valence-corrected chi connectivity index (χ1v) is 5.61. The van der Waals surface area contributed by atoms with E-state index in [-0.39, 0.29) is 4.08 Å². The monoisotopic (exact) mass is 195 g/mol. The molecule has 0 aliphatic carbocycles. The minimum absolute atomic E-state index is 0.173. The Morgan fingerprint density at radius 1 is 1.60 bits per heavy atom. The van der Waals surface area contributed by atoms with Gasteiger partial charge in [0.2, 0.25) is 0 Å². The Morgan fingerprint density at radius 2 is 2.30 bits per heavy atom. The van der Waals surface area contributed by atoms with Crippen molar-refractivity contribution >= 4 is 39.7 Å². The molecule has 58 valence electrons. The van der Waals surface area contributed by atoms with Crippen LogP contribution < -0.4 is 0 Å². The molecule has 1 N–H and O–H groups in total. The Labute approximate surface area is 73.2 Å². The summed E-state index contributed by atoms with van der Waals surface area (Å²) in [5, 5.41) is 12.6. The van der Waals surface area contributed by atoms with Crippen LogP contribution in [0, 0.1) is 0 Å². The molecule has 0 unspecified atom stereocenters. The van der Waals surface area contributed by atoms with E-state index in [9.17, 15) is 0 Å². The maximum atomic E-state index is 8.46. The molecule has 0 aromatic rings. The molecule has 1 saturated heterocycles. The normalized spacial score (nSPS) is 28.8. The summed E-state index contributed by atoms with van der Waals surface area (Å²) in [6, 6.07) is 0. The van der Waals surface area contributed by atoms with Gasteiger partial charge in [-0.15, -0.1) is 11.8 Å². The van der Waals surface area contributed by atoms with Crippen molar-refractivity contribution in [1.29, 1.82) is 0 Å². The SMILES string of the molecule is CC1(C)SCSC(=NO)S1. The molecule has 1 aliphatic heterocycles. The molecule has 0 radical (unpaired) electrons. The largest absolute Gasteiger partial charge is 0.410 e. The number of hydrogen-bond acceptors (Lipinski definition) is 5. The van der Waals surface area contributed by atoms with Crippen LogP contribution >= 0.6 is 35.3 Å². The number of nitrogens with zero attached hydrogens (tertiary/aromatic N) is 1. The van der Waals surface area contributed by atoms with E-state index in [0.29, 0.717) is 0 Å². The van der Waals surface area contributed by atoms with Gasteiger partial charge in [-0.2, -0.15) is 0 Å². The zero-order chi connectivity index (χ0) is 7.61. The first kappa shape index (κ1) is 8.62. The molecule has 10 heavy (non-hydrogen) atoms. The number of oxime groups is 1. The van der Waals surface area contributed by atoms with Gasteiger partial charge in [-0.3, -0.25) is 0 Å². The molecule has 0 aromatic heterocycles. The quantitative estimate of drug-likeness (QED) is 0.476. The summed E-state index contributed by atoms with van der Waals surface area (Å²) in [6.45, 7) is 4.26. The molecule has 0 bridgehead atoms. The minimum atomic E-state index is 0.173. The molecule has 0 spiro atoms. The fraction of sp³-hybridized carbons (Fsp3) is 0.800. The van der Waals surface area contributed by atoms with Gasteiger partial charge in [0, 0.05) is 5.08 Å². The number of rotatable bonds is 0. The van der Waals surface area contributed by atoms with Crippen LogP contribution in [0.1, 0.15) is 13.8 Å². The average molecular weight is 195 g/mol. The maximum Gasteiger partial charge on any atom is 0.171 e. The Hall–Kier alpha value is 0.520. The lowest BCUT2D eigenvalue weighted by Crippen LogP contribution is -2.16. The second-order valence-corrected chi connectivity index (χ2v) is 7.33. The lowest BCUT2D eigenvalue weighted by Gasteiger charge is -2.27. The topological polar surface area (TPSA) is 32.6 Å². The molecule has 1 rings (SSSR count). The van der Waals surface area contributed by atoms with E-state index in [1.54, 1.807) is 23.5 Å². The molecule has 1 fully saturated rings. The molecular weight excluding hydrogens is 186 g/mol. The molecule has 1 aliphatic rings. The van der Waals surface area contributed by atoms with Gasteiger partial charge >= 0.3 is 0 Å². The van der Waals surface area contributed by atoms with Crippen molar-refractivity contribution in [1.82, 2.24) is 0 Å². The van der Waals surface area contributed by atoms with Gasteiger partial charge < -0.3 is 5.21 Å². The third kappa shape index (κ3) is 2.29. The zero-order valence-electron chi connectivity index (χ0n) is 5.83. The highest BCUT2D eigenvalue weighted by Crippen LogP contribution is 2.46. The van der Waals surface area contributed by atoms with Crippen molar-refractivity contribution in [2.75, 3.05) is 5.08 Å². The van der Waals surface area contributed by atoms with E-state index in [0.717, 1.165) is 9.46 Å². The van der Waals surface area contributed by atoms with Crippen LogP contribution in [0.3, 0.4) is 0 Å². The Kier molecular flexibility index (Phi) is 2.82. The van der Waals surface area contributed by atoms with Gasteiger partial charge in [0.05, 0.1) is 4.08 Å². The average Bonchev–Trinajstić information content (AvgIpc) is 1.86. The van der Waals surface area contributed by atoms with Crippen molar-refractivity contribution in [3.63, 3.8) is 0 Å². The minimum Gasteiger partial charge on any atom is -0.410 e. The smallest absolute Gasteiger partial charge is 0.171 e. The Balaban J connectivity index is 2.56. The highest BCUT2D eigenvalue weighted by atomic mass is 32.3. The van der Waals surface area contributed by atoms with Gasteiger partial charge in [-0.05, 0) is 13.8 Å². The summed E-state index contributed by atoms with van der Waals surface area (Å²) < 4.78 is 0.955. The van der Waals surface area contributed by atoms with Crippen LogP contribution in [0.5, 0.6) is 0 Å². The van der Waals surface area contributed by atoms with Crippen molar-refractivity contribution in [3.05, 3.63) is 0 Å². The van der Waals surface area contributed by atoms with E-state index in [1.807, 2.05) is 11.8 Å². The Morgan fingerprint density at radius 3 is 2.70 bits per heavy atom. The highest BCUT2D eigenvalue weighted by Gasteiger charge is 2.27. The van der Waals surface area contributed by atoms with E-state index < -0.39 is 0 Å². The summed E-state index contributed by atoms with van der Waals surface area (Å²) in [6.07, 6.45) is 0. The van der Waals surface area contributed by atoms with Crippen molar-refractivity contribution < 1.29 is 5.21 Å². The van der Waals surface area contributed by atoms with Crippen molar-refractivity contribution in [2.24, 2.45) is 5.16 Å². The highest BCUT2D eigenvalue weighted by molar-refractivity contribution is 8.48. The summed E-state index contributed by atoms with van der Waals surface area (Å²) >= 11 is 5.08. The predicted octanol–water partition coefficient (Wildman–Crippen LogP) is 2.64. The molecular formula is C5H9NOS3. The predicted molar refractivity (Wildman–Crippen MR) is 50.9 cm³/mol. The summed E-state index contributed by atoms with van der Waals surface area (Å²) in [4.78, 5) is 0. The first-order chi connectivity index (χ1) is 4.64. The summed E-state index contributed by atoms with van der Waals surface area (Å²) in [7, 11) is 0. The van der Waals surface area contributed by atoms with Crippen molar-refractivity contribution in [3.8, 4) is 0 Å². The van der Waals surface area contributed by atoms with Crippen LogP contribution in [0.15, 0.2) is 5.16 Å². The van der Waals surface area contributed by atoms with Gasteiger partial charge in [-0.1, -0.05) is 28.7 Å². The van der Waals surface area contributed by atoms with Crippen LogP contribution in [0.4, 0.5) is 0 Å². The van der Waals surface area contributed by atoms with Crippen LogP contribution in [-0.2, 0) is 0 Å². The van der Waals surface area contributed by atoms with Gasteiger partial charge in [0.1, 0.15) is 0 Å². The van der Waals surface area contributed by atoms with Gasteiger partial charge in [-0.25, -0.2) is 0 Å². The molecule has 1 heterocycles. The van der Waals surface area contributed by atoms with E-state index in [4.69, 9.17) is 5.21 Å². The zero-order valence-corrected chi connectivity index (χ0v) is 8.28. The van der Waals surface area contributed by atoms with Crippen LogP contribution in [-0.4, -0.2) is 18.7 Å². The molecule has 5 heteroatoms. The number of hydrogen-bond donors (Lipinski definition) is 1. The van der Waals surface area contributed by atoms with Crippen molar-refractivity contribution in [2.45, 2.75) is 17.9 Å². The second-order valence-electron chi connectivity index (χ2n) is 2.27. The third-order valence-electron chi connectivity index (χ3n) is 1.00. The maximum absolute atomic E-state index is 8.46. The fourth-order valence-electron chi connectivity index (χ4n) is 0.540. The van der Waals surface area contributed by atoms with E-state index in [1.165, 1.54) is 0 Å². The van der Waals surface area contributed by atoms with Crippen LogP contribution in [0.2, 0.25) is 0 Å². The van der Waals surface area contributed by atoms with E-state index in [2.05, 4.69) is 19.0 Å². The molecule has 0 atom stereocenters. The van der Waals surface area contributed by atoms with Crippen LogP contribution in [0.25, 0.3) is 0 Å². The first-order valence-electron chi connectivity index (χ1n) is 2.82. The second kappa shape index (κ2) is 3.28. The van der Waals surface area contributed by atoms with E-state index >= 15 is 0 Å². The lowest BCUT2D eigenvalue weighted by molar-refractivity contribution is 0.322. The lowest BCUT2D eigenvalue weighted by atomic mass is 10.5. The number of thioether (sulfide) groups is 3. The van der Waals surface area contributed by atoms with Gasteiger partial charge in [0.25, 0.3) is 0 Å². The molecule has 0 saturated carbocycles. The summed E-state index contributed by atoms with van der Waals surface area (Å²) in [5.41, 5.74) is 0. The fourth-order valence-corrected chi connectivity index (χ4v) is 5.19. The Bertz CT molecular complexity index is 157.